The summed E-state index contributed by atoms with van der Waals surface area (Å²) in [6.07, 6.45) is 1.24. The molecule has 23 heavy (non-hydrogen) atoms. The summed E-state index contributed by atoms with van der Waals surface area (Å²) < 4.78 is 7.71. The van der Waals surface area contributed by atoms with Gasteiger partial charge in [0.25, 0.3) is 5.69 Å². The molecule has 0 aromatic heterocycles. The van der Waals surface area contributed by atoms with Crippen molar-refractivity contribution in [2.45, 2.75) is 25.9 Å². The van der Waals surface area contributed by atoms with Gasteiger partial charge >= 0.3 is 0 Å². The van der Waals surface area contributed by atoms with Crippen LogP contribution in [0.2, 0.25) is 0 Å². The van der Waals surface area contributed by atoms with E-state index in [-0.39, 0.29) is 5.69 Å². The van der Waals surface area contributed by atoms with Gasteiger partial charge in [-0.25, -0.2) is 0 Å². The number of rotatable bonds is 5. The summed E-state index contributed by atoms with van der Waals surface area (Å²) in [5.74, 6) is 2.15. The van der Waals surface area contributed by atoms with Gasteiger partial charge in [-0.3, -0.25) is 10.1 Å². The van der Waals surface area contributed by atoms with Crippen LogP contribution in [0.4, 0.5) is 5.69 Å². The van der Waals surface area contributed by atoms with Gasteiger partial charge in [-0.2, -0.15) is 0 Å². The molecule has 1 fully saturated rings. The van der Waals surface area contributed by atoms with E-state index in [1.54, 1.807) is 12.1 Å². The van der Waals surface area contributed by atoms with Crippen LogP contribution < -0.4 is 4.74 Å². The molecule has 3 rings (SSSR count). The lowest BCUT2D eigenvalue weighted by atomic mass is 10.1. The molecule has 120 valence electrons. The summed E-state index contributed by atoms with van der Waals surface area (Å²) in [5, 5.41) is 10.7. The molecule has 1 aliphatic rings. The Morgan fingerprint density at radius 3 is 2.26 bits per heavy atom. The standard InChI is InChI=1S/C17H15Br2NO3/c1-10-6-14(10)12-7-15(18)17(16(19)8-12)23-9-11-2-4-13(5-3-11)20(21)22/h2-5,7-8,10,14H,6,9H2,1H3/t10-,14?/m1/s1. The maximum atomic E-state index is 10.7. The van der Waals surface area contributed by atoms with Crippen molar-refractivity contribution in [2.24, 2.45) is 5.92 Å². The summed E-state index contributed by atoms with van der Waals surface area (Å²) in [4.78, 5) is 10.3. The molecule has 4 nitrogen and oxygen atoms in total. The highest BCUT2D eigenvalue weighted by Gasteiger charge is 2.34. The zero-order valence-electron chi connectivity index (χ0n) is 12.5. The number of ether oxygens (including phenoxy) is 1. The van der Waals surface area contributed by atoms with E-state index >= 15 is 0 Å². The van der Waals surface area contributed by atoms with Crippen molar-refractivity contribution in [3.8, 4) is 5.75 Å². The molecule has 1 unspecified atom stereocenters. The number of hydrogen-bond acceptors (Lipinski definition) is 3. The molecule has 0 bridgehead atoms. The Kier molecular flexibility index (Phi) is 4.73. The van der Waals surface area contributed by atoms with Gasteiger partial charge in [-0.15, -0.1) is 0 Å². The van der Waals surface area contributed by atoms with Gasteiger partial charge in [0, 0.05) is 12.1 Å². The first-order chi connectivity index (χ1) is 11.0. The average Bonchev–Trinajstić information content (AvgIpc) is 3.23. The Morgan fingerprint density at radius 2 is 1.78 bits per heavy atom. The maximum absolute atomic E-state index is 10.7. The molecule has 1 saturated carbocycles. The molecule has 0 N–H and O–H groups in total. The molecule has 1 aliphatic carbocycles. The molecule has 0 radical (unpaired) electrons. The van der Waals surface area contributed by atoms with Crippen LogP contribution in [-0.2, 0) is 6.61 Å². The second-order valence-corrected chi connectivity index (χ2v) is 7.55. The van der Waals surface area contributed by atoms with E-state index in [1.807, 2.05) is 0 Å². The van der Waals surface area contributed by atoms with Crippen LogP contribution in [-0.4, -0.2) is 4.92 Å². The predicted octanol–water partition coefficient (Wildman–Crippen LogP) is 5.82. The highest BCUT2D eigenvalue weighted by atomic mass is 79.9. The Labute approximate surface area is 151 Å². The highest BCUT2D eigenvalue weighted by molar-refractivity contribution is 9.11. The second-order valence-electron chi connectivity index (χ2n) is 5.85. The number of halogens is 2. The second kappa shape index (κ2) is 6.61. The summed E-state index contributed by atoms with van der Waals surface area (Å²) in [6.45, 7) is 2.61. The van der Waals surface area contributed by atoms with Crippen LogP contribution in [0, 0.1) is 16.0 Å². The van der Waals surface area contributed by atoms with Gasteiger partial charge in [0.1, 0.15) is 12.4 Å². The number of non-ortho nitro benzene ring substituents is 1. The molecule has 2 atom stereocenters. The summed E-state index contributed by atoms with van der Waals surface area (Å²) in [6, 6.07) is 10.6. The van der Waals surface area contributed by atoms with E-state index in [1.165, 1.54) is 24.1 Å². The van der Waals surface area contributed by atoms with Crippen molar-refractivity contribution in [1.82, 2.24) is 0 Å². The highest BCUT2D eigenvalue weighted by Crippen LogP contribution is 2.49. The van der Waals surface area contributed by atoms with Gasteiger partial charge in [0.15, 0.2) is 0 Å². The molecule has 0 saturated heterocycles. The number of nitro groups is 1. The number of nitrogens with zero attached hydrogens (tertiary/aromatic N) is 1. The quantitative estimate of drug-likeness (QED) is 0.434. The van der Waals surface area contributed by atoms with Crippen molar-refractivity contribution in [3.05, 3.63) is 66.6 Å². The van der Waals surface area contributed by atoms with E-state index < -0.39 is 4.92 Å². The summed E-state index contributed by atoms with van der Waals surface area (Å²) in [5.41, 5.74) is 2.28. The molecule has 0 aliphatic heterocycles. The first-order valence-corrected chi connectivity index (χ1v) is 8.89. The number of nitro benzene ring substituents is 1. The first-order valence-electron chi connectivity index (χ1n) is 7.30. The number of benzene rings is 2. The lowest BCUT2D eigenvalue weighted by Crippen LogP contribution is -1.98. The topological polar surface area (TPSA) is 52.4 Å². The van der Waals surface area contributed by atoms with Crippen LogP contribution in [0.3, 0.4) is 0 Å². The maximum Gasteiger partial charge on any atom is 0.269 e. The smallest absolute Gasteiger partial charge is 0.269 e. The van der Waals surface area contributed by atoms with Crippen molar-refractivity contribution in [2.75, 3.05) is 0 Å². The minimum Gasteiger partial charge on any atom is -0.487 e. The lowest BCUT2D eigenvalue weighted by molar-refractivity contribution is -0.384. The monoisotopic (exact) mass is 439 g/mol. The third-order valence-electron chi connectivity index (χ3n) is 4.09. The van der Waals surface area contributed by atoms with Gasteiger partial charge < -0.3 is 4.74 Å². The molecule has 0 spiro atoms. The molecule has 2 aromatic carbocycles. The Hall–Kier alpha value is -1.40. The first kappa shape index (κ1) is 16.5. The largest absolute Gasteiger partial charge is 0.487 e. The molecule has 0 amide bonds. The SMILES string of the molecule is C[C@@H]1CC1c1cc(Br)c(OCc2ccc([N+](=O)[O-])cc2)c(Br)c1. The van der Waals surface area contributed by atoms with Crippen molar-refractivity contribution < 1.29 is 9.66 Å². The fourth-order valence-electron chi connectivity index (χ4n) is 2.59. The average molecular weight is 441 g/mol. The number of hydrogen-bond donors (Lipinski definition) is 0. The zero-order valence-corrected chi connectivity index (χ0v) is 15.6. The third-order valence-corrected chi connectivity index (χ3v) is 5.27. The van der Waals surface area contributed by atoms with Crippen LogP contribution in [0.15, 0.2) is 45.3 Å². The van der Waals surface area contributed by atoms with E-state index in [0.717, 1.165) is 26.2 Å². The van der Waals surface area contributed by atoms with E-state index in [4.69, 9.17) is 4.74 Å². The van der Waals surface area contributed by atoms with E-state index in [0.29, 0.717) is 12.5 Å². The molecular formula is C17H15Br2NO3. The van der Waals surface area contributed by atoms with E-state index in [9.17, 15) is 10.1 Å². The molecule has 2 aromatic rings. The minimum absolute atomic E-state index is 0.0824. The molecule has 0 heterocycles. The zero-order chi connectivity index (χ0) is 16.6. The van der Waals surface area contributed by atoms with E-state index in [2.05, 4.69) is 50.9 Å². The van der Waals surface area contributed by atoms with Crippen molar-refractivity contribution >= 4 is 37.5 Å². The molecular weight excluding hydrogens is 426 g/mol. The van der Waals surface area contributed by atoms with Gasteiger partial charge in [-0.1, -0.05) is 6.92 Å². The fraction of sp³-hybridized carbons (Fsp3) is 0.294. The summed E-state index contributed by atoms with van der Waals surface area (Å²) in [7, 11) is 0. The molecule has 6 heteroatoms. The van der Waals surface area contributed by atoms with Gasteiger partial charge in [-0.05, 0) is 85.5 Å². The Balaban J connectivity index is 1.71. The van der Waals surface area contributed by atoms with Crippen LogP contribution in [0.1, 0.15) is 30.4 Å². The van der Waals surface area contributed by atoms with Crippen molar-refractivity contribution in [1.29, 1.82) is 0 Å². The van der Waals surface area contributed by atoms with Crippen LogP contribution in [0.5, 0.6) is 5.75 Å². The fourth-order valence-corrected chi connectivity index (χ4v) is 4.04. The lowest BCUT2D eigenvalue weighted by Gasteiger charge is -2.12. The van der Waals surface area contributed by atoms with Crippen molar-refractivity contribution in [3.63, 3.8) is 0 Å². The summed E-state index contributed by atoms with van der Waals surface area (Å²) >= 11 is 7.15. The Morgan fingerprint density at radius 1 is 1.22 bits per heavy atom. The van der Waals surface area contributed by atoms with Crippen LogP contribution >= 0.6 is 31.9 Å². The van der Waals surface area contributed by atoms with Gasteiger partial charge in [0.05, 0.1) is 13.9 Å². The predicted molar refractivity (Wildman–Crippen MR) is 95.8 cm³/mol. The third kappa shape index (κ3) is 3.75. The normalized spacial score (nSPS) is 19.4. The Bertz CT molecular complexity index is 723. The van der Waals surface area contributed by atoms with Gasteiger partial charge in [0.2, 0.25) is 0 Å². The van der Waals surface area contributed by atoms with Crippen LogP contribution in [0.25, 0.3) is 0 Å². The minimum atomic E-state index is -0.407.